The molecule has 0 spiro atoms. The lowest BCUT2D eigenvalue weighted by Gasteiger charge is -2.30. The zero-order valence-electron chi connectivity index (χ0n) is 21.9. The van der Waals surface area contributed by atoms with Crippen LogP contribution in [-0.2, 0) is 14.3 Å². The second-order valence-corrected chi connectivity index (χ2v) is 9.43. The van der Waals surface area contributed by atoms with Gasteiger partial charge in [-0.05, 0) is 47.2 Å². The van der Waals surface area contributed by atoms with Crippen LogP contribution >= 0.6 is 0 Å². The molecule has 1 rings (SSSR count). The molecule has 0 saturated heterocycles. The van der Waals surface area contributed by atoms with Gasteiger partial charge in [0.15, 0.2) is 0 Å². The number of aliphatic imine (C=N–C) groups is 1. The quantitative estimate of drug-likeness (QED) is 0.344. The van der Waals surface area contributed by atoms with Crippen molar-refractivity contribution < 1.29 is 19.1 Å². The van der Waals surface area contributed by atoms with Crippen molar-refractivity contribution in [3.63, 3.8) is 0 Å². The van der Waals surface area contributed by atoms with Gasteiger partial charge in [0.1, 0.15) is 11.3 Å². The summed E-state index contributed by atoms with van der Waals surface area (Å²) in [4.78, 5) is 35.6. The van der Waals surface area contributed by atoms with E-state index in [1.54, 1.807) is 4.90 Å². The van der Waals surface area contributed by atoms with E-state index >= 15 is 0 Å². The van der Waals surface area contributed by atoms with E-state index in [1.807, 2.05) is 33.8 Å². The maximum absolute atomic E-state index is 12.6. The van der Waals surface area contributed by atoms with E-state index < -0.39 is 11.6 Å². The van der Waals surface area contributed by atoms with Crippen molar-refractivity contribution in [1.82, 2.24) is 14.7 Å². The SMILES string of the molecule is CCN(C)CCN(CCN(CC)C(=O)OC(C)(C)C)CC1=C/C(C)C=CC/C(C(=O)OC)=N\1. The molecule has 8 heteroatoms. The van der Waals surface area contributed by atoms with E-state index in [0.29, 0.717) is 38.3 Å². The highest BCUT2D eigenvalue weighted by Gasteiger charge is 2.22. The molecule has 0 fully saturated rings. The lowest BCUT2D eigenvalue weighted by atomic mass is 10.1. The number of ether oxygens (including phenoxy) is 2. The van der Waals surface area contributed by atoms with E-state index in [2.05, 4.69) is 47.8 Å². The molecule has 33 heavy (non-hydrogen) atoms. The van der Waals surface area contributed by atoms with Gasteiger partial charge < -0.3 is 19.3 Å². The van der Waals surface area contributed by atoms with E-state index in [-0.39, 0.29) is 12.0 Å². The summed E-state index contributed by atoms with van der Waals surface area (Å²) in [7, 11) is 3.47. The van der Waals surface area contributed by atoms with Gasteiger partial charge in [-0.1, -0.05) is 32.1 Å². The number of allylic oxidation sites excluding steroid dienone is 3. The number of hydrogen-bond acceptors (Lipinski definition) is 7. The van der Waals surface area contributed by atoms with Crippen LogP contribution in [-0.4, -0.2) is 98.0 Å². The molecule has 0 radical (unpaired) electrons. The Kier molecular flexibility index (Phi) is 12.4. The predicted octanol–water partition coefficient (Wildman–Crippen LogP) is 3.59. The number of hydrogen-bond donors (Lipinski definition) is 0. The summed E-state index contributed by atoms with van der Waals surface area (Å²) in [6.45, 7) is 16.9. The first-order valence-electron chi connectivity index (χ1n) is 11.9. The number of amides is 1. The highest BCUT2D eigenvalue weighted by Crippen LogP contribution is 2.15. The molecule has 188 valence electrons. The molecule has 1 aliphatic rings. The Hall–Kier alpha value is -2.19. The maximum Gasteiger partial charge on any atom is 0.410 e. The molecule has 0 bridgehead atoms. The number of rotatable bonds is 11. The summed E-state index contributed by atoms with van der Waals surface area (Å²) in [6, 6.07) is 0. The van der Waals surface area contributed by atoms with Gasteiger partial charge in [0, 0.05) is 45.7 Å². The fourth-order valence-corrected chi connectivity index (χ4v) is 3.28. The molecule has 0 aromatic carbocycles. The largest absolute Gasteiger partial charge is 0.465 e. The minimum Gasteiger partial charge on any atom is -0.465 e. The predicted molar refractivity (Wildman–Crippen MR) is 134 cm³/mol. The highest BCUT2D eigenvalue weighted by atomic mass is 16.6. The average molecular weight is 465 g/mol. The Morgan fingerprint density at radius 3 is 2.36 bits per heavy atom. The molecule has 1 unspecified atom stereocenters. The van der Waals surface area contributed by atoms with E-state index in [4.69, 9.17) is 9.47 Å². The van der Waals surface area contributed by atoms with Gasteiger partial charge in [0.25, 0.3) is 0 Å². The summed E-state index contributed by atoms with van der Waals surface area (Å²) in [5.74, 6) is -0.184. The normalized spacial score (nSPS) is 19.9. The summed E-state index contributed by atoms with van der Waals surface area (Å²) >= 11 is 0. The summed E-state index contributed by atoms with van der Waals surface area (Å²) < 4.78 is 10.5. The zero-order chi connectivity index (χ0) is 25.0. The van der Waals surface area contributed by atoms with Crippen molar-refractivity contribution in [2.24, 2.45) is 10.9 Å². The number of esters is 1. The number of likely N-dealkylation sites (N-methyl/N-ethyl adjacent to an activating group) is 2. The monoisotopic (exact) mass is 464 g/mol. The number of methoxy groups -OCH3 is 1. The van der Waals surface area contributed by atoms with Crippen LogP contribution in [0.3, 0.4) is 0 Å². The Bertz CT molecular complexity index is 724. The smallest absolute Gasteiger partial charge is 0.410 e. The summed E-state index contributed by atoms with van der Waals surface area (Å²) in [5.41, 5.74) is 0.716. The average Bonchev–Trinajstić information content (AvgIpc) is 2.73. The highest BCUT2D eigenvalue weighted by molar-refractivity contribution is 6.37. The second kappa shape index (κ2) is 14.2. The Labute approximate surface area is 200 Å². The van der Waals surface area contributed by atoms with Crippen molar-refractivity contribution in [3.05, 3.63) is 23.9 Å². The first-order chi connectivity index (χ1) is 15.5. The second-order valence-electron chi connectivity index (χ2n) is 9.43. The van der Waals surface area contributed by atoms with Crippen molar-refractivity contribution >= 4 is 17.8 Å². The van der Waals surface area contributed by atoms with Crippen LogP contribution in [0.2, 0.25) is 0 Å². The van der Waals surface area contributed by atoms with Gasteiger partial charge >= 0.3 is 12.1 Å². The lowest BCUT2D eigenvalue weighted by molar-refractivity contribution is -0.132. The molecule has 0 aromatic heterocycles. The van der Waals surface area contributed by atoms with Crippen molar-refractivity contribution in [1.29, 1.82) is 0 Å². The van der Waals surface area contributed by atoms with Gasteiger partial charge in [-0.15, -0.1) is 0 Å². The van der Waals surface area contributed by atoms with Crippen LogP contribution in [0.1, 0.15) is 48.0 Å². The van der Waals surface area contributed by atoms with Crippen molar-refractivity contribution in [3.8, 4) is 0 Å². The minimum atomic E-state index is -0.527. The third-order valence-electron chi connectivity index (χ3n) is 5.35. The first kappa shape index (κ1) is 28.8. The Balaban J connectivity index is 3.02. The fourth-order valence-electron chi connectivity index (χ4n) is 3.28. The van der Waals surface area contributed by atoms with Crippen LogP contribution in [0, 0.1) is 5.92 Å². The van der Waals surface area contributed by atoms with Gasteiger partial charge in [-0.3, -0.25) is 4.90 Å². The summed E-state index contributed by atoms with van der Waals surface area (Å²) in [6.07, 6.45) is 6.27. The standard InChI is InChI=1S/C25H44N4O4/c1-9-27(7)14-15-28(16-17-29(10-2)24(31)33-25(4,5)6)19-21-18-20(3)12-11-13-22(26-21)23(30)32-8/h11-12,18,20H,9-10,13-17,19H2,1-8H3/b12-11?,21-18-,26-22+. The van der Waals surface area contributed by atoms with Gasteiger partial charge in [0.05, 0.1) is 12.8 Å². The molecule has 8 nitrogen and oxygen atoms in total. The molecule has 0 N–H and O–H groups in total. The van der Waals surface area contributed by atoms with Gasteiger partial charge in [-0.25, -0.2) is 14.6 Å². The Morgan fingerprint density at radius 1 is 1.12 bits per heavy atom. The van der Waals surface area contributed by atoms with E-state index in [0.717, 1.165) is 25.3 Å². The van der Waals surface area contributed by atoms with Crippen LogP contribution in [0.25, 0.3) is 0 Å². The van der Waals surface area contributed by atoms with Crippen molar-refractivity contribution in [2.45, 2.75) is 53.6 Å². The van der Waals surface area contributed by atoms with Crippen LogP contribution < -0.4 is 0 Å². The number of carbonyl (C=O) groups is 2. The zero-order valence-corrected chi connectivity index (χ0v) is 21.9. The maximum atomic E-state index is 12.6. The van der Waals surface area contributed by atoms with Crippen LogP contribution in [0.15, 0.2) is 28.9 Å². The first-order valence-corrected chi connectivity index (χ1v) is 11.9. The lowest BCUT2D eigenvalue weighted by Crippen LogP contribution is -2.43. The van der Waals surface area contributed by atoms with Crippen LogP contribution in [0.4, 0.5) is 4.79 Å². The molecular formula is C25H44N4O4. The molecule has 0 saturated carbocycles. The van der Waals surface area contributed by atoms with Crippen molar-refractivity contribution in [2.75, 3.05) is 60.0 Å². The fraction of sp³-hybridized carbons (Fsp3) is 0.720. The molecule has 1 amide bonds. The topological polar surface area (TPSA) is 74.7 Å². The molecule has 1 atom stereocenters. The molecular weight excluding hydrogens is 420 g/mol. The van der Waals surface area contributed by atoms with Gasteiger partial charge in [-0.2, -0.15) is 0 Å². The summed E-state index contributed by atoms with van der Waals surface area (Å²) in [5, 5.41) is 0. The molecule has 1 aliphatic heterocycles. The number of nitrogens with zero attached hydrogens (tertiary/aromatic N) is 4. The molecule has 0 aliphatic carbocycles. The third kappa shape index (κ3) is 11.5. The van der Waals surface area contributed by atoms with E-state index in [9.17, 15) is 9.59 Å². The third-order valence-corrected chi connectivity index (χ3v) is 5.35. The van der Waals surface area contributed by atoms with Gasteiger partial charge in [0.2, 0.25) is 0 Å². The minimum absolute atomic E-state index is 0.219. The van der Waals surface area contributed by atoms with Crippen LogP contribution in [0.5, 0.6) is 0 Å². The molecule has 0 aromatic rings. The Morgan fingerprint density at radius 2 is 1.79 bits per heavy atom. The van der Waals surface area contributed by atoms with E-state index in [1.165, 1.54) is 7.11 Å². The molecule has 1 heterocycles. The number of carbonyl (C=O) groups excluding carboxylic acids is 2.